The second-order valence-corrected chi connectivity index (χ2v) is 6.26. The zero-order valence-corrected chi connectivity index (χ0v) is 13.9. The lowest BCUT2D eigenvalue weighted by atomic mass is 10.3. The molecule has 8 heteroatoms. The van der Waals surface area contributed by atoms with E-state index in [9.17, 15) is 4.79 Å². The van der Waals surface area contributed by atoms with E-state index in [1.807, 2.05) is 12.1 Å². The molecule has 0 unspecified atom stereocenters. The summed E-state index contributed by atoms with van der Waals surface area (Å²) in [5.74, 6) is -0.192. The number of aryl methyl sites for hydroxylation is 1. The van der Waals surface area contributed by atoms with Gasteiger partial charge in [-0.1, -0.05) is 11.3 Å². The first kappa shape index (κ1) is 14.1. The molecule has 0 spiro atoms. The first-order valence-corrected chi connectivity index (χ1v) is 7.90. The number of pyridine rings is 1. The highest BCUT2D eigenvalue weighted by molar-refractivity contribution is 14.1. The van der Waals surface area contributed by atoms with Gasteiger partial charge in [-0.25, -0.2) is 4.98 Å². The van der Waals surface area contributed by atoms with Gasteiger partial charge in [0.2, 0.25) is 0 Å². The summed E-state index contributed by atoms with van der Waals surface area (Å²) in [6.07, 6.45) is 6.67. The van der Waals surface area contributed by atoms with Gasteiger partial charge in [-0.3, -0.25) is 14.5 Å². The minimum absolute atomic E-state index is 0.192. The van der Waals surface area contributed by atoms with Crippen molar-refractivity contribution < 1.29 is 4.79 Å². The topological polar surface area (TPSA) is 72.7 Å². The molecule has 0 saturated heterocycles. The Kier molecular flexibility index (Phi) is 3.97. The Labute approximate surface area is 138 Å². The largest absolute Gasteiger partial charge is 0.311 e. The van der Waals surface area contributed by atoms with E-state index in [1.54, 1.807) is 30.3 Å². The number of nitrogens with one attached hydrogen (secondary N) is 1. The van der Waals surface area contributed by atoms with E-state index in [0.29, 0.717) is 5.56 Å². The van der Waals surface area contributed by atoms with Gasteiger partial charge in [0.1, 0.15) is 13.7 Å². The highest BCUT2D eigenvalue weighted by Gasteiger charge is 2.15. The minimum atomic E-state index is -0.192. The zero-order valence-electron chi connectivity index (χ0n) is 10.9. The summed E-state index contributed by atoms with van der Waals surface area (Å²) in [5.41, 5.74) is 1.45. The number of amides is 1. The molecule has 3 rings (SSSR count). The minimum Gasteiger partial charge on any atom is -0.311 e. The molecule has 1 amide bonds. The van der Waals surface area contributed by atoms with E-state index < -0.39 is 0 Å². The lowest BCUT2D eigenvalue weighted by Gasteiger charge is -1.99. The van der Waals surface area contributed by atoms with Crippen molar-refractivity contribution >= 4 is 44.8 Å². The van der Waals surface area contributed by atoms with Crippen LogP contribution in [0.2, 0.25) is 0 Å². The van der Waals surface area contributed by atoms with Crippen LogP contribution in [0.5, 0.6) is 0 Å². The third-order valence-electron chi connectivity index (χ3n) is 2.69. The fourth-order valence-electron chi connectivity index (χ4n) is 1.71. The Morgan fingerprint density at radius 1 is 1.43 bits per heavy atom. The number of hydrogen-bond acceptors (Lipinski definition) is 5. The van der Waals surface area contributed by atoms with Crippen LogP contribution in [0, 0.1) is 3.70 Å². The van der Waals surface area contributed by atoms with Gasteiger partial charge in [-0.05, 0) is 34.7 Å². The Morgan fingerprint density at radius 3 is 2.95 bits per heavy atom. The monoisotopic (exact) mass is 411 g/mol. The van der Waals surface area contributed by atoms with Gasteiger partial charge < -0.3 is 5.32 Å². The first-order chi connectivity index (χ1) is 10.1. The fourth-order valence-corrected chi connectivity index (χ4v) is 3.42. The van der Waals surface area contributed by atoms with Crippen molar-refractivity contribution in [3.63, 3.8) is 0 Å². The lowest BCUT2D eigenvalue weighted by Crippen LogP contribution is -2.10. The van der Waals surface area contributed by atoms with Crippen molar-refractivity contribution in [3.05, 3.63) is 46.2 Å². The van der Waals surface area contributed by atoms with Crippen LogP contribution in [0.15, 0.2) is 36.9 Å². The molecule has 3 heterocycles. The van der Waals surface area contributed by atoms with Crippen LogP contribution in [0.1, 0.15) is 10.4 Å². The molecular weight excluding hydrogens is 401 g/mol. The molecule has 0 atom stereocenters. The van der Waals surface area contributed by atoms with Crippen LogP contribution >= 0.6 is 33.9 Å². The summed E-state index contributed by atoms with van der Waals surface area (Å²) < 4.78 is 2.35. The molecule has 106 valence electrons. The average molecular weight is 411 g/mol. The molecule has 3 aromatic heterocycles. The maximum atomic E-state index is 12.1. The van der Waals surface area contributed by atoms with Crippen molar-refractivity contribution in [2.75, 3.05) is 5.32 Å². The molecule has 0 saturated carbocycles. The second kappa shape index (κ2) is 5.90. The third kappa shape index (κ3) is 3.10. The number of thiazole rings is 1. The Balaban J connectivity index is 1.84. The van der Waals surface area contributed by atoms with Crippen LogP contribution < -0.4 is 5.32 Å². The van der Waals surface area contributed by atoms with Crippen LogP contribution in [-0.2, 0) is 7.05 Å². The van der Waals surface area contributed by atoms with E-state index in [0.717, 1.165) is 19.3 Å². The highest BCUT2D eigenvalue weighted by atomic mass is 127. The van der Waals surface area contributed by atoms with Crippen LogP contribution in [-0.4, -0.2) is 25.7 Å². The number of halogens is 1. The summed E-state index contributed by atoms with van der Waals surface area (Å²) in [6.45, 7) is 0. The molecule has 1 N–H and O–H groups in total. The van der Waals surface area contributed by atoms with Gasteiger partial charge in [0, 0.05) is 31.2 Å². The second-order valence-electron chi connectivity index (χ2n) is 4.24. The molecule has 0 aliphatic heterocycles. The summed E-state index contributed by atoms with van der Waals surface area (Å²) >= 11 is 3.53. The number of anilines is 1. The maximum absolute atomic E-state index is 12.1. The van der Waals surface area contributed by atoms with Crippen molar-refractivity contribution in [1.29, 1.82) is 0 Å². The van der Waals surface area contributed by atoms with Crippen molar-refractivity contribution in [1.82, 2.24) is 19.7 Å². The lowest BCUT2D eigenvalue weighted by molar-refractivity contribution is 0.102. The van der Waals surface area contributed by atoms with Gasteiger partial charge in [0.05, 0.1) is 11.8 Å². The quantitative estimate of drug-likeness (QED) is 0.673. The van der Waals surface area contributed by atoms with Gasteiger partial charge in [-0.2, -0.15) is 5.10 Å². The number of aromatic nitrogens is 4. The number of nitrogens with zero attached hydrogens (tertiary/aromatic N) is 4. The molecule has 0 bridgehead atoms. The first-order valence-electron chi connectivity index (χ1n) is 6.00. The molecule has 0 aromatic carbocycles. The number of hydrogen-bond donors (Lipinski definition) is 1. The van der Waals surface area contributed by atoms with Gasteiger partial charge in [-0.15, -0.1) is 0 Å². The molecule has 0 fully saturated rings. The van der Waals surface area contributed by atoms with Gasteiger partial charge in [0.25, 0.3) is 5.91 Å². The molecule has 0 aliphatic rings. The molecule has 0 aliphatic carbocycles. The molecule has 6 nitrogen and oxygen atoms in total. The number of carbonyl (C=O) groups is 1. The predicted molar refractivity (Wildman–Crippen MR) is 89.2 cm³/mol. The molecule has 21 heavy (non-hydrogen) atoms. The average Bonchev–Trinajstić information content (AvgIpc) is 3.07. The fraction of sp³-hybridized carbons (Fsp3) is 0.0769. The van der Waals surface area contributed by atoms with Crippen molar-refractivity contribution in [3.8, 4) is 10.6 Å². The van der Waals surface area contributed by atoms with Gasteiger partial charge in [0.15, 0.2) is 0 Å². The summed E-state index contributed by atoms with van der Waals surface area (Å²) in [5, 5.41) is 8.41. The normalized spacial score (nSPS) is 10.6. The Bertz CT molecular complexity index is 783. The molecule has 3 aromatic rings. The summed E-state index contributed by atoms with van der Waals surface area (Å²) in [7, 11) is 1.77. The predicted octanol–water partition coefficient (Wildman–Crippen LogP) is 2.80. The number of carbonyl (C=O) groups excluding carboxylic acids is 1. The smallest absolute Gasteiger partial charge is 0.259 e. The van der Waals surface area contributed by atoms with E-state index in [-0.39, 0.29) is 5.91 Å². The van der Waals surface area contributed by atoms with Crippen LogP contribution in [0.25, 0.3) is 10.6 Å². The van der Waals surface area contributed by atoms with Gasteiger partial charge >= 0.3 is 0 Å². The third-order valence-corrected chi connectivity index (χ3v) is 4.85. The van der Waals surface area contributed by atoms with Crippen LogP contribution in [0.3, 0.4) is 0 Å². The Hall–Kier alpha value is -1.81. The molecular formula is C13H10IN5OS. The number of rotatable bonds is 3. The zero-order chi connectivity index (χ0) is 14.8. The SMILES string of the molecule is Cn1cc(C(=O)Nc2sc(-c3cccnc3)nc2I)cn1. The maximum Gasteiger partial charge on any atom is 0.259 e. The van der Waals surface area contributed by atoms with E-state index in [4.69, 9.17) is 0 Å². The highest BCUT2D eigenvalue weighted by Crippen LogP contribution is 2.32. The van der Waals surface area contributed by atoms with E-state index in [1.165, 1.54) is 17.5 Å². The van der Waals surface area contributed by atoms with E-state index in [2.05, 4.69) is 43.0 Å². The summed E-state index contributed by atoms with van der Waals surface area (Å²) in [6, 6.07) is 3.80. The standard InChI is InChI=1S/C13H10IN5OS/c1-19-7-9(6-16-19)11(20)18-13-10(14)17-12(21-13)8-3-2-4-15-5-8/h2-7H,1H3,(H,18,20). The van der Waals surface area contributed by atoms with E-state index >= 15 is 0 Å². The Morgan fingerprint density at radius 2 is 2.29 bits per heavy atom. The van der Waals surface area contributed by atoms with Crippen molar-refractivity contribution in [2.24, 2.45) is 7.05 Å². The molecule has 0 radical (unpaired) electrons. The summed E-state index contributed by atoms with van der Waals surface area (Å²) in [4.78, 5) is 20.7. The van der Waals surface area contributed by atoms with Crippen molar-refractivity contribution in [2.45, 2.75) is 0 Å². The van der Waals surface area contributed by atoms with Crippen LogP contribution in [0.4, 0.5) is 5.00 Å².